The predicted molar refractivity (Wildman–Crippen MR) is 61.1 cm³/mol. The quantitative estimate of drug-likeness (QED) is 0.623. The third-order valence-corrected chi connectivity index (χ3v) is 3.60. The van der Waals surface area contributed by atoms with Crippen LogP contribution in [0.3, 0.4) is 0 Å². The smallest absolute Gasteiger partial charge is 0.265 e. The van der Waals surface area contributed by atoms with E-state index < -0.39 is 10.1 Å². The van der Waals surface area contributed by atoms with Crippen LogP contribution < -0.4 is 0 Å². The van der Waals surface area contributed by atoms with Crippen molar-refractivity contribution >= 4 is 42.0 Å². The molecule has 0 N–H and O–H groups in total. The van der Waals surface area contributed by atoms with E-state index in [2.05, 4.69) is 31.9 Å². The number of hydrogen-bond acceptors (Lipinski definition) is 3. The van der Waals surface area contributed by atoms with Crippen LogP contribution in [0.5, 0.6) is 0 Å². The standard InChI is InChI=1S/C8H8Br2O3S/c9-5-6-13-14(11,12)8-3-1-7(10)2-4-8/h1-4H,5-6H2. The molecule has 0 saturated heterocycles. The minimum absolute atomic E-state index is 0.137. The van der Waals surface area contributed by atoms with Crippen molar-refractivity contribution in [3.63, 3.8) is 0 Å². The van der Waals surface area contributed by atoms with Crippen LogP contribution in [-0.2, 0) is 14.3 Å². The molecule has 0 saturated carbocycles. The van der Waals surface area contributed by atoms with E-state index in [-0.39, 0.29) is 11.5 Å². The lowest BCUT2D eigenvalue weighted by Crippen LogP contribution is -2.07. The van der Waals surface area contributed by atoms with Crippen LogP contribution in [0.2, 0.25) is 0 Å². The number of hydrogen-bond donors (Lipinski definition) is 0. The number of alkyl halides is 1. The molecule has 0 radical (unpaired) electrons. The van der Waals surface area contributed by atoms with Gasteiger partial charge in [-0.3, -0.25) is 4.18 Å². The minimum atomic E-state index is -3.59. The summed E-state index contributed by atoms with van der Waals surface area (Å²) in [6.07, 6.45) is 0. The van der Waals surface area contributed by atoms with Crippen molar-refractivity contribution in [2.45, 2.75) is 4.90 Å². The molecule has 0 aliphatic rings. The normalized spacial score (nSPS) is 11.6. The van der Waals surface area contributed by atoms with Gasteiger partial charge in [0.1, 0.15) is 0 Å². The van der Waals surface area contributed by atoms with Crippen molar-refractivity contribution in [1.29, 1.82) is 0 Å². The SMILES string of the molecule is O=S(=O)(OCCBr)c1ccc(Br)cc1. The number of benzene rings is 1. The first kappa shape index (κ1) is 12.2. The zero-order chi connectivity index (χ0) is 10.6. The van der Waals surface area contributed by atoms with Crippen molar-refractivity contribution < 1.29 is 12.6 Å². The molecule has 0 atom stereocenters. The van der Waals surface area contributed by atoms with Crippen LogP contribution in [0.4, 0.5) is 0 Å². The lowest BCUT2D eigenvalue weighted by molar-refractivity contribution is 0.342. The van der Waals surface area contributed by atoms with Gasteiger partial charge in [0, 0.05) is 9.80 Å². The average molecular weight is 344 g/mol. The summed E-state index contributed by atoms with van der Waals surface area (Å²) < 4.78 is 28.4. The molecule has 78 valence electrons. The summed E-state index contributed by atoms with van der Waals surface area (Å²) in [5.41, 5.74) is 0. The van der Waals surface area contributed by atoms with Gasteiger partial charge >= 0.3 is 0 Å². The van der Waals surface area contributed by atoms with Crippen molar-refractivity contribution in [3.8, 4) is 0 Å². The van der Waals surface area contributed by atoms with E-state index in [1.54, 1.807) is 12.1 Å². The first-order valence-electron chi connectivity index (χ1n) is 3.77. The summed E-state index contributed by atoms with van der Waals surface area (Å²) in [5.74, 6) is 0. The summed E-state index contributed by atoms with van der Waals surface area (Å²) >= 11 is 6.31. The second kappa shape index (κ2) is 5.25. The molecule has 0 spiro atoms. The molecular formula is C8H8Br2O3S. The van der Waals surface area contributed by atoms with Crippen LogP contribution in [0.1, 0.15) is 0 Å². The van der Waals surface area contributed by atoms with Gasteiger partial charge in [0.2, 0.25) is 0 Å². The molecule has 1 rings (SSSR count). The van der Waals surface area contributed by atoms with Gasteiger partial charge in [-0.25, -0.2) is 0 Å². The monoisotopic (exact) mass is 342 g/mol. The van der Waals surface area contributed by atoms with E-state index in [4.69, 9.17) is 4.18 Å². The van der Waals surface area contributed by atoms with Crippen LogP contribution in [-0.4, -0.2) is 20.4 Å². The van der Waals surface area contributed by atoms with Gasteiger partial charge in [-0.2, -0.15) is 8.42 Å². The highest BCUT2D eigenvalue weighted by Crippen LogP contribution is 2.16. The van der Waals surface area contributed by atoms with Crippen molar-refractivity contribution in [2.24, 2.45) is 0 Å². The topological polar surface area (TPSA) is 43.4 Å². The fraction of sp³-hybridized carbons (Fsp3) is 0.250. The van der Waals surface area contributed by atoms with E-state index in [0.717, 1.165) is 4.47 Å². The van der Waals surface area contributed by atoms with Crippen LogP contribution >= 0.6 is 31.9 Å². The maximum atomic E-state index is 11.4. The van der Waals surface area contributed by atoms with E-state index in [1.165, 1.54) is 12.1 Å². The second-order valence-electron chi connectivity index (χ2n) is 2.42. The highest BCUT2D eigenvalue weighted by molar-refractivity contribution is 9.10. The molecule has 0 heterocycles. The highest BCUT2D eigenvalue weighted by atomic mass is 79.9. The largest absolute Gasteiger partial charge is 0.297 e. The molecule has 3 nitrogen and oxygen atoms in total. The maximum absolute atomic E-state index is 11.4. The summed E-state index contributed by atoms with van der Waals surface area (Å²) in [6.45, 7) is 0.137. The molecule has 6 heteroatoms. The second-order valence-corrected chi connectivity index (χ2v) is 5.74. The Morgan fingerprint density at radius 1 is 1.21 bits per heavy atom. The fourth-order valence-electron chi connectivity index (χ4n) is 0.811. The zero-order valence-electron chi connectivity index (χ0n) is 7.11. The summed E-state index contributed by atoms with van der Waals surface area (Å²) in [4.78, 5) is 0.168. The Kier molecular flexibility index (Phi) is 4.56. The van der Waals surface area contributed by atoms with Gasteiger partial charge in [0.15, 0.2) is 0 Å². The zero-order valence-corrected chi connectivity index (χ0v) is 11.1. The number of rotatable bonds is 4. The molecule has 1 aromatic rings. The molecule has 0 bridgehead atoms. The minimum Gasteiger partial charge on any atom is -0.265 e. The molecule has 0 aliphatic heterocycles. The van der Waals surface area contributed by atoms with Gasteiger partial charge < -0.3 is 0 Å². The van der Waals surface area contributed by atoms with Gasteiger partial charge in [-0.15, -0.1) is 0 Å². The van der Waals surface area contributed by atoms with Crippen LogP contribution in [0.25, 0.3) is 0 Å². The Labute approximate surface area is 99.8 Å². The fourth-order valence-corrected chi connectivity index (χ4v) is 2.36. The Morgan fingerprint density at radius 3 is 2.29 bits per heavy atom. The highest BCUT2D eigenvalue weighted by Gasteiger charge is 2.13. The van der Waals surface area contributed by atoms with E-state index in [1.807, 2.05) is 0 Å². The lowest BCUT2D eigenvalue weighted by Gasteiger charge is -2.03. The van der Waals surface area contributed by atoms with E-state index >= 15 is 0 Å². The van der Waals surface area contributed by atoms with E-state index in [9.17, 15) is 8.42 Å². The molecular weight excluding hydrogens is 336 g/mol. The summed E-state index contributed by atoms with van der Waals surface area (Å²) in [6, 6.07) is 6.30. The van der Waals surface area contributed by atoms with Gasteiger partial charge in [0.05, 0.1) is 11.5 Å². The third kappa shape index (κ3) is 3.34. The first-order chi connectivity index (χ1) is 6.56. The molecule has 0 aromatic heterocycles. The molecule has 0 aliphatic carbocycles. The molecule has 0 unspecified atom stereocenters. The van der Waals surface area contributed by atoms with Crippen LogP contribution in [0.15, 0.2) is 33.6 Å². The molecule has 1 aromatic carbocycles. The van der Waals surface area contributed by atoms with Crippen molar-refractivity contribution in [1.82, 2.24) is 0 Å². The maximum Gasteiger partial charge on any atom is 0.297 e. The lowest BCUT2D eigenvalue weighted by atomic mass is 10.4. The summed E-state index contributed by atoms with van der Waals surface area (Å²) in [7, 11) is -3.59. The predicted octanol–water partition coefficient (Wildman–Crippen LogP) is 2.55. The first-order valence-corrected chi connectivity index (χ1v) is 7.09. The Balaban J connectivity index is 2.87. The third-order valence-electron chi connectivity index (χ3n) is 1.42. The van der Waals surface area contributed by atoms with Crippen molar-refractivity contribution in [2.75, 3.05) is 11.9 Å². The van der Waals surface area contributed by atoms with Crippen LogP contribution in [0, 0.1) is 0 Å². The van der Waals surface area contributed by atoms with E-state index in [0.29, 0.717) is 5.33 Å². The molecule has 14 heavy (non-hydrogen) atoms. The van der Waals surface area contributed by atoms with Gasteiger partial charge in [-0.05, 0) is 24.3 Å². The van der Waals surface area contributed by atoms with Crippen molar-refractivity contribution in [3.05, 3.63) is 28.7 Å². The Bertz CT molecular complexity index is 386. The van der Waals surface area contributed by atoms with Gasteiger partial charge in [0.25, 0.3) is 10.1 Å². The number of halogens is 2. The molecule has 0 amide bonds. The average Bonchev–Trinajstić information content (AvgIpc) is 2.16. The van der Waals surface area contributed by atoms with Gasteiger partial charge in [-0.1, -0.05) is 31.9 Å². The molecule has 0 fully saturated rings. The Morgan fingerprint density at radius 2 is 1.79 bits per heavy atom. The Hall–Kier alpha value is 0.0900. The summed E-state index contributed by atoms with van der Waals surface area (Å²) in [5, 5.41) is 0.489.